The molecule has 0 radical (unpaired) electrons. The summed E-state index contributed by atoms with van der Waals surface area (Å²) in [5, 5.41) is 93.8. The molecule has 27 heavy (non-hydrogen) atoms. The van der Waals surface area contributed by atoms with E-state index >= 15 is 0 Å². The Morgan fingerprint density at radius 1 is 0.370 bits per heavy atom. The SMILES string of the molecule is O=[N+]([O-])O.O=[N+]([O-])O.O=[N+]([O-])O.O=[N+]([O-])O.O=[N+]([O-])O.O=[N+]([O-])O.OO.[AlH3]. The summed E-state index contributed by atoms with van der Waals surface area (Å²) >= 11 is 0. The highest BCUT2D eigenvalue weighted by molar-refractivity contribution is 5.75. The highest BCUT2D eigenvalue weighted by Gasteiger charge is 1.67. The molecule has 0 amide bonds. The zero-order chi connectivity index (χ0) is 23.5. The maximum atomic E-state index is 8.36. The van der Waals surface area contributed by atoms with Gasteiger partial charge >= 0.3 is 0 Å². The van der Waals surface area contributed by atoms with Gasteiger partial charge < -0.3 is 31.2 Å². The number of hydrogen-bond acceptors (Lipinski definition) is 14. The third-order valence-corrected chi connectivity index (χ3v) is 0. The molecule has 0 saturated heterocycles. The molecule has 8 N–H and O–H groups in total. The van der Waals surface area contributed by atoms with Gasteiger partial charge in [-0.15, -0.1) is 60.7 Å². The molecule has 0 aromatic rings. The van der Waals surface area contributed by atoms with Gasteiger partial charge in [-0.2, -0.15) is 0 Å². The van der Waals surface area contributed by atoms with Crippen LogP contribution in [0.3, 0.4) is 0 Å². The predicted molar refractivity (Wildman–Crippen MR) is 67.9 cm³/mol. The van der Waals surface area contributed by atoms with Crippen molar-refractivity contribution in [3.63, 3.8) is 0 Å². The Labute approximate surface area is 151 Å². The highest BCUT2D eigenvalue weighted by atomic mass is 27.0. The van der Waals surface area contributed by atoms with Crippen molar-refractivity contribution in [1.29, 1.82) is 0 Å². The topological polar surface area (TPSA) is 421 Å². The minimum Gasteiger partial charge on any atom is -0.328 e. The van der Waals surface area contributed by atoms with E-state index in [9.17, 15) is 0 Å². The average molecular weight is 442 g/mol. The van der Waals surface area contributed by atoms with Crippen LogP contribution >= 0.6 is 0 Å². The van der Waals surface area contributed by atoms with E-state index in [0.29, 0.717) is 0 Å². The van der Waals surface area contributed by atoms with Crippen LogP contribution in [0, 0.1) is 60.7 Å². The summed E-state index contributed by atoms with van der Waals surface area (Å²) in [6.07, 6.45) is 0. The second-order valence-corrected chi connectivity index (χ2v) is 1.43. The molecule has 164 valence electrons. The fourth-order valence-corrected chi connectivity index (χ4v) is 0. The smallest absolute Gasteiger partial charge is 0.291 e. The van der Waals surface area contributed by atoms with Gasteiger partial charge in [-0.05, 0) is 0 Å². The largest absolute Gasteiger partial charge is 0.328 e. The van der Waals surface area contributed by atoms with E-state index in [1.54, 1.807) is 0 Å². The summed E-state index contributed by atoms with van der Waals surface area (Å²) in [5.74, 6) is 0. The van der Waals surface area contributed by atoms with Gasteiger partial charge in [0.2, 0.25) is 0 Å². The van der Waals surface area contributed by atoms with Crippen molar-refractivity contribution < 1.29 is 72.3 Å². The molecule has 0 bridgehead atoms. The van der Waals surface area contributed by atoms with Crippen molar-refractivity contribution >= 4 is 17.4 Å². The number of nitrogens with zero attached hydrogens (tertiary/aromatic N) is 6. The summed E-state index contributed by atoms with van der Waals surface area (Å²) in [4.78, 5) is 50.2. The van der Waals surface area contributed by atoms with Crippen molar-refractivity contribution in [2.45, 2.75) is 0 Å². The zero-order valence-corrected chi connectivity index (χ0v) is 11.2. The first-order valence-electron chi connectivity index (χ1n) is 3.59. The van der Waals surface area contributed by atoms with Crippen LogP contribution in [0.2, 0.25) is 0 Å². The van der Waals surface area contributed by atoms with E-state index in [1.807, 2.05) is 0 Å². The van der Waals surface area contributed by atoms with Crippen LogP contribution < -0.4 is 0 Å². The Morgan fingerprint density at radius 3 is 0.370 bits per heavy atom. The lowest BCUT2D eigenvalue weighted by Crippen LogP contribution is -1.81. The molecule has 0 rings (SSSR count). The third kappa shape index (κ3) is 442. The lowest BCUT2D eigenvalue weighted by molar-refractivity contribution is -0.742. The maximum Gasteiger partial charge on any atom is 0.291 e. The molecule has 0 aliphatic rings. The molecule has 0 saturated carbocycles. The van der Waals surface area contributed by atoms with Crippen LogP contribution in [0.4, 0.5) is 0 Å². The Morgan fingerprint density at radius 2 is 0.370 bits per heavy atom. The lowest BCUT2D eigenvalue weighted by Gasteiger charge is -1.56. The first-order chi connectivity index (χ1) is 11.4. The molecule has 0 aliphatic carbocycles. The van der Waals surface area contributed by atoms with Crippen molar-refractivity contribution in [2.24, 2.45) is 0 Å². The van der Waals surface area contributed by atoms with Crippen molar-refractivity contribution in [2.75, 3.05) is 0 Å². The Bertz CT molecular complexity index is 258. The minimum atomic E-state index is -1.50. The van der Waals surface area contributed by atoms with E-state index < -0.39 is 30.5 Å². The van der Waals surface area contributed by atoms with Gasteiger partial charge in [0, 0.05) is 0 Å². The van der Waals surface area contributed by atoms with E-state index in [-0.39, 0.29) is 17.4 Å². The summed E-state index contributed by atoms with van der Waals surface area (Å²) in [5.41, 5.74) is 0. The number of rotatable bonds is 0. The van der Waals surface area contributed by atoms with Crippen LogP contribution in [0.15, 0.2) is 0 Å². The van der Waals surface area contributed by atoms with Gasteiger partial charge in [0.15, 0.2) is 17.4 Å². The van der Waals surface area contributed by atoms with Crippen molar-refractivity contribution in [1.82, 2.24) is 0 Å². The first-order valence-corrected chi connectivity index (χ1v) is 3.59. The summed E-state index contributed by atoms with van der Waals surface area (Å²) in [7, 11) is 0. The van der Waals surface area contributed by atoms with Gasteiger partial charge in [-0.3, -0.25) is 10.5 Å². The second kappa shape index (κ2) is 49.5. The van der Waals surface area contributed by atoms with Crippen molar-refractivity contribution in [3.05, 3.63) is 60.7 Å². The molecule has 0 aliphatic heterocycles. The monoisotopic (exact) mass is 442 g/mol. The molecule has 0 unspecified atom stereocenters. The Balaban J connectivity index is -0.0000000260. The van der Waals surface area contributed by atoms with E-state index in [0.717, 1.165) is 0 Å². The van der Waals surface area contributed by atoms with Crippen LogP contribution in [-0.2, 0) is 0 Å². The molecular formula is H11AlN6O20. The first kappa shape index (κ1) is 49.5. The van der Waals surface area contributed by atoms with E-state index in [4.69, 9.17) is 102 Å². The normalized spacial score (nSPS) is 5.56. The lowest BCUT2D eigenvalue weighted by atomic mass is 13.1. The molecule has 0 atom stereocenters. The molecule has 0 fully saturated rings. The quantitative estimate of drug-likeness (QED) is 0.0789. The van der Waals surface area contributed by atoms with Gasteiger partial charge in [0.05, 0.1) is 0 Å². The van der Waals surface area contributed by atoms with Gasteiger partial charge in [-0.1, -0.05) is 0 Å². The Kier molecular flexibility index (Phi) is 90.8. The van der Waals surface area contributed by atoms with Gasteiger partial charge in [-0.25, -0.2) is 0 Å². The summed E-state index contributed by atoms with van der Waals surface area (Å²) in [6, 6.07) is 0. The standard InChI is InChI=1S/Al.6HNO3.H2O2.3H/c;6*2-1(3)4;1-2;;;/h;6*(H,2,3,4);1-2H;;;. The highest BCUT2D eigenvalue weighted by Crippen LogP contribution is 1.40. The summed E-state index contributed by atoms with van der Waals surface area (Å²) < 4.78 is 0. The third-order valence-electron chi connectivity index (χ3n) is 0. The van der Waals surface area contributed by atoms with Gasteiger partial charge in [0.1, 0.15) is 0 Å². The van der Waals surface area contributed by atoms with Crippen molar-refractivity contribution in [3.8, 4) is 0 Å². The minimum absolute atomic E-state index is 0. The zero-order valence-electron chi connectivity index (χ0n) is 11.2. The predicted octanol–water partition coefficient (Wildman–Crippen LogP) is -3.25. The second-order valence-electron chi connectivity index (χ2n) is 1.43. The molecule has 0 aromatic carbocycles. The average Bonchev–Trinajstić information content (AvgIpc) is 2.25. The van der Waals surface area contributed by atoms with E-state index in [2.05, 4.69) is 0 Å². The Hall–Kier alpha value is -4.35. The van der Waals surface area contributed by atoms with E-state index in [1.165, 1.54) is 0 Å². The fourth-order valence-electron chi connectivity index (χ4n) is 0. The molecule has 0 aromatic heterocycles. The van der Waals surface area contributed by atoms with Crippen LogP contribution in [0.5, 0.6) is 0 Å². The van der Waals surface area contributed by atoms with Crippen LogP contribution in [0.1, 0.15) is 0 Å². The number of hydrogen-bond donors (Lipinski definition) is 8. The summed E-state index contributed by atoms with van der Waals surface area (Å²) in [6.45, 7) is 0. The maximum absolute atomic E-state index is 8.36. The molecule has 0 heterocycles. The molecule has 27 heteroatoms. The molecular weight excluding hydrogens is 431 g/mol. The molecule has 0 spiro atoms. The van der Waals surface area contributed by atoms with Crippen LogP contribution in [-0.4, -0.2) is 89.6 Å². The van der Waals surface area contributed by atoms with Gasteiger partial charge in [0.25, 0.3) is 30.5 Å². The fraction of sp³-hybridized carbons (Fsp3) is 0. The molecule has 26 nitrogen and oxygen atoms in total. The van der Waals surface area contributed by atoms with Crippen LogP contribution in [0.25, 0.3) is 0 Å².